The molecule has 6 rings (SSSR count). The molecule has 3 nitrogen and oxygen atoms in total. The molecule has 0 fully saturated rings. The second-order valence-electron chi connectivity index (χ2n) is 6.66. The zero-order valence-electron chi connectivity index (χ0n) is 14.3. The summed E-state index contributed by atoms with van der Waals surface area (Å²) in [5.74, 6) is 0. The predicted molar refractivity (Wildman–Crippen MR) is 110 cm³/mol. The van der Waals surface area contributed by atoms with Crippen molar-refractivity contribution in [2.24, 2.45) is 0 Å². The second kappa shape index (κ2) is 5.24. The SMILES string of the molecule is [B]c1ccc(-c2c3oc4ccccc4c3nc3c2oc2ccccc23)cc1. The zero-order chi connectivity index (χ0) is 18.0. The van der Waals surface area contributed by atoms with Crippen LogP contribution in [0, 0.1) is 0 Å². The molecule has 0 unspecified atom stereocenters. The van der Waals surface area contributed by atoms with Gasteiger partial charge in [0.1, 0.15) is 30.0 Å². The van der Waals surface area contributed by atoms with E-state index in [4.69, 9.17) is 21.7 Å². The van der Waals surface area contributed by atoms with E-state index in [0.29, 0.717) is 0 Å². The standard InChI is InChI=1S/C23H12BNO2/c24-14-11-9-13(10-12-14)19-22-20(15-5-1-3-7-17(15)26-22)25-21-16-6-2-4-8-18(16)27-23(19)21/h1-12H. The van der Waals surface area contributed by atoms with Gasteiger partial charge in [-0.2, -0.15) is 0 Å². The average molecular weight is 345 g/mol. The van der Waals surface area contributed by atoms with Crippen LogP contribution in [0.2, 0.25) is 0 Å². The first-order chi connectivity index (χ1) is 13.3. The van der Waals surface area contributed by atoms with Crippen LogP contribution in [0.25, 0.3) is 55.3 Å². The molecule has 0 amide bonds. The lowest BCUT2D eigenvalue weighted by Gasteiger charge is -2.04. The van der Waals surface area contributed by atoms with E-state index in [1.165, 1.54) is 0 Å². The minimum atomic E-state index is 0.717. The fourth-order valence-electron chi connectivity index (χ4n) is 3.75. The summed E-state index contributed by atoms with van der Waals surface area (Å²) >= 11 is 0. The molecule has 0 N–H and O–H groups in total. The lowest BCUT2D eigenvalue weighted by atomic mass is 9.93. The van der Waals surface area contributed by atoms with Gasteiger partial charge in [0.2, 0.25) is 0 Å². The molecule has 2 radical (unpaired) electrons. The molecule has 0 saturated carbocycles. The van der Waals surface area contributed by atoms with E-state index in [1.807, 2.05) is 72.8 Å². The van der Waals surface area contributed by atoms with Crippen LogP contribution in [-0.2, 0) is 0 Å². The Balaban J connectivity index is 1.88. The number of hydrogen-bond donors (Lipinski definition) is 0. The number of pyridine rings is 1. The molecule has 124 valence electrons. The number of rotatable bonds is 1. The van der Waals surface area contributed by atoms with Gasteiger partial charge in [-0.05, 0) is 29.8 Å². The molecular weight excluding hydrogens is 333 g/mol. The monoisotopic (exact) mass is 345 g/mol. The summed E-state index contributed by atoms with van der Waals surface area (Å²) in [4.78, 5) is 4.95. The molecule has 6 aromatic rings. The highest BCUT2D eigenvalue weighted by Gasteiger charge is 2.21. The summed E-state index contributed by atoms with van der Waals surface area (Å²) in [5.41, 5.74) is 7.38. The van der Waals surface area contributed by atoms with Gasteiger partial charge in [-0.1, -0.05) is 54.0 Å². The van der Waals surface area contributed by atoms with Crippen LogP contribution in [0.1, 0.15) is 0 Å². The third-order valence-electron chi connectivity index (χ3n) is 5.02. The average Bonchev–Trinajstić information content (AvgIpc) is 3.25. The Hall–Kier alpha value is -3.53. The first kappa shape index (κ1) is 14.6. The molecule has 0 bridgehead atoms. The highest BCUT2D eigenvalue weighted by molar-refractivity contribution is 6.32. The molecule has 0 aliphatic heterocycles. The van der Waals surface area contributed by atoms with E-state index >= 15 is 0 Å². The van der Waals surface area contributed by atoms with Crippen LogP contribution in [0.5, 0.6) is 0 Å². The first-order valence-corrected chi connectivity index (χ1v) is 8.78. The lowest BCUT2D eigenvalue weighted by molar-refractivity contribution is 0.657. The molecule has 3 heterocycles. The molecule has 0 atom stereocenters. The zero-order valence-corrected chi connectivity index (χ0v) is 14.3. The molecule has 4 heteroatoms. The van der Waals surface area contributed by atoms with Gasteiger partial charge < -0.3 is 8.83 Å². The van der Waals surface area contributed by atoms with Gasteiger partial charge in [-0.15, -0.1) is 0 Å². The van der Waals surface area contributed by atoms with Crippen molar-refractivity contribution < 1.29 is 8.83 Å². The highest BCUT2D eigenvalue weighted by atomic mass is 16.3. The minimum Gasteiger partial charge on any atom is -0.454 e. The highest BCUT2D eigenvalue weighted by Crippen LogP contribution is 2.42. The van der Waals surface area contributed by atoms with E-state index in [-0.39, 0.29) is 0 Å². The van der Waals surface area contributed by atoms with E-state index < -0.39 is 0 Å². The van der Waals surface area contributed by atoms with Crippen LogP contribution < -0.4 is 5.46 Å². The molecular formula is C23H12BNO2. The quantitative estimate of drug-likeness (QED) is 0.378. The van der Waals surface area contributed by atoms with Crippen LogP contribution in [0.3, 0.4) is 0 Å². The Kier molecular flexibility index (Phi) is 2.84. The minimum absolute atomic E-state index is 0.717. The molecule has 3 aromatic heterocycles. The number of furan rings is 2. The Morgan fingerprint density at radius 1 is 0.630 bits per heavy atom. The summed E-state index contributed by atoms with van der Waals surface area (Å²) in [6.07, 6.45) is 0. The number of fused-ring (bicyclic) bond motifs is 6. The van der Waals surface area contributed by atoms with Gasteiger partial charge in [0, 0.05) is 10.8 Å². The number of para-hydroxylation sites is 2. The molecule has 0 aliphatic rings. The van der Waals surface area contributed by atoms with Crippen molar-refractivity contribution in [3.8, 4) is 11.1 Å². The maximum atomic E-state index is 6.22. The van der Waals surface area contributed by atoms with Crippen molar-refractivity contribution in [3.63, 3.8) is 0 Å². The molecule has 0 aliphatic carbocycles. The van der Waals surface area contributed by atoms with Gasteiger partial charge in [0.25, 0.3) is 0 Å². The maximum absolute atomic E-state index is 6.22. The summed E-state index contributed by atoms with van der Waals surface area (Å²) in [7, 11) is 5.89. The number of hydrogen-bond acceptors (Lipinski definition) is 3. The third-order valence-corrected chi connectivity index (χ3v) is 5.02. The second-order valence-corrected chi connectivity index (χ2v) is 6.66. The molecule has 3 aromatic carbocycles. The van der Waals surface area contributed by atoms with Crippen molar-refractivity contribution in [2.45, 2.75) is 0 Å². The van der Waals surface area contributed by atoms with Crippen molar-refractivity contribution >= 4 is 57.4 Å². The molecule has 0 saturated heterocycles. The third kappa shape index (κ3) is 2.01. The number of aromatic nitrogens is 1. The van der Waals surface area contributed by atoms with Gasteiger partial charge in [-0.25, -0.2) is 4.98 Å². The largest absolute Gasteiger partial charge is 0.454 e. The Labute approximate surface area is 155 Å². The predicted octanol–water partition coefficient (Wildman–Crippen LogP) is 5.34. The maximum Gasteiger partial charge on any atom is 0.165 e. The summed E-state index contributed by atoms with van der Waals surface area (Å²) in [5, 5.41) is 1.99. The summed E-state index contributed by atoms with van der Waals surface area (Å²) in [6.45, 7) is 0. The Morgan fingerprint density at radius 2 is 1.15 bits per heavy atom. The lowest BCUT2D eigenvalue weighted by Crippen LogP contribution is -1.99. The van der Waals surface area contributed by atoms with Crippen LogP contribution in [0.4, 0.5) is 0 Å². The van der Waals surface area contributed by atoms with Crippen LogP contribution >= 0.6 is 0 Å². The first-order valence-electron chi connectivity index (χ1n) is 8.78. The van der Waals surface area contributed by atoms with Crippen LogP contribution in [0.15, 0.2) is 81.6 Å². The Morgan fingerprint density at radius 3 is 1.70 bits per heavy atom. The van der Waals surface area contributed by atoms with Crippen LogP contribution in [-0.4, -0.2) is 12.8 Å². The molecule has 27 heavy (non-hydrogen) atoms. The van der Waals surface area contributed by atoms with Gasteiger partial charge in [0.05, 0.1) is 5.56 Å². The van der Waals surface area contributed by atoms with E-state index in [2.05, 4.69) is 0 Å². The summed E-state index contributed by atoms with van der Waals surface area (Å²) in [6, 6.07) is 23.7. The van der Waals surface area contributed by atoms with Gasteiger partial charge >= 0.3 is 0 Å². The topological polar surface area (TPSA) is 39.2 Å². The fraction of sp³-hybridized carbons (Fsp3) is 0. The Bertz CT molecular complexity index is 1390. The van der Waals surface area contributed by atoms with Crippen molar-refractivity contribution in [1.82, 2.24) is 4.98 Å². The smallest absolute Gasteiger partial charge is 0.165 e. The van der Waals surface area contributed by atoms with E-state index in [9.17, 15) is 0 Å². The van der Waals surface area contributed by atoms with Crippen molar-refractivity contribution in [3.05, 3.63) is 72.8 Å². The number of nitrogens with zero attached hydrogens (tertiary/aromatic N) is 1. The van der Waals surface area contributed by atoms with Crippen molar-refractivity contribution in [2.75, 3.05) is 0 Å². The molecule has 0 spiro atoms. The summed E-state index contributed by atoms with van der Waals surface area (Å²) < 4.78 is 12.4. The van der Waals surface area contributed by atoms with Gasteiger partial charge in [-0.3, -0.25) is 0 Å². The van der Waals surface area contributed by atoms with Gasteiger partial charge in [0.15, 0.2) is 11.2 Å². The van der Waals surface area contributed by atoms with Crippen molar-refractivity contribution in [1.29, 1.82) is 0 Å². The van der Waals surface area contributed by atoms with E-state index in [0.717, 1.165) is 60.7 Å². The fourth-order valence-corrected chi connectivity index (χ4v) is 3.75. The number of benzene rings is 3. The normalized spacial score (nSPS) is 11.9. The van der Waals surface area contributed by atoms with E-state index in [1.54, 1.807) is 0 Å².